The van der Waals surface area contributed by atoms with Gasteiger partial charge in [0.05, 0.1) is 4.88 Å². The van der Waals surface area contributed by atoms with Gasteiger partial charge in [0.1, 0.15) is 12.4 Å². The molecule has 0 unspecified atom stereocenters. The molecule has 0 aliphatic heterocycles. The van der Waals surface area contributed by atoms with E-state index in [1.807, 2.05) is 79.7 Å². The number of carbonyl (C=O) groups excluding carboxylic acids is 1. The Hall–Kier alpha value is -2.93. The topological polar surface area (TPSA) is 50.4 Å². The normalized spacial score (nSPS) is 10.6. The molecule has 1 heterocycles. The number of benzene rings is 3. The first kappa shape index (κ1) is 21.3. The van der Waals surface area contributed by atoms with E-state index in [1.165, 1.54) is 11.3 Å². The van der Waals surface area contributed by atoms with E-state index in [1.54, 1.807) is 0 Å². The summed E-state index contributed by atoms with van der Waals surface area (Å²) in [5.74, 6) is 0.462. The van der Waals surface area contributed by atoms with Crippen LogP contribution in [0.1, 0.15) is 20.8 Å². The quantitative estimate of drug-likeness (QED) is 0.326. The number of halogens is 1. The lowest BCUT2D eigenvalue weighted by atomic mass is 10.1. The summed E-state index contributed by atoms with van der Waals surface area (Å²) in [6, 6.07) is 23.0. The maximum Gasteiger partial charge on any atom is 0.267 e. The van der Waals surface area contributed by atoms with Crippen molar-refractivity contribution < 1.29 is 9.53 Å². The van der Waals surface area contributed by atoms with E-state index in [9.17, 15) is 4.79 Å². The molecule has 0 fully saturated rings. The van der Waals surface area contributed by atoms with E-state index >= 15 is 0 Å². The molecule has 0 atom stereocenters. The Labute approximate surface area is 194 Å². The van der Waals surface area contributed by atoms with Crippen molar-refractivity contribution >= 4 is 61.9 Å². The summed E-state index contributed by atoms with van der Waals surface area (Å²) in [5.41, 5.74) is 2.71. The number of aryl methyl sites for hydroxylation is 1. The lowest BCUT2D eigenvalue weighted by Crippen LogP contribution is -2.33. The van der Waals surface area contributed by atoms with Crippen LogP contribution in [-0.2, 0) is 6.61 Å². The van der Waals surface area contributed by atoms with Crippen molar-refractivity contribution in [2.45, 2.75) is 13.5 Å². The molecule has 0 aliphatic carbocycles. The number of amides is 1. The summed E-state index contributed by atoms with van der Waals surface area (Å²) in [5, 5.41) is 7.65. The molecule has 0 spiro atoms. The van der Waals surface area contributed by atoms with Crippen LogP contribution in [0.4, 0.5) is 5.69 Å². The van der Waals surface area contributed by atoms with Crippen molar-refractivity contribution in [1.29, 1.82) is 0 Å². The maximum absolute atomic E-state index is 12.8. The molecule has 1 amide bonds. The Balaban J connectivity index is 1.39. The van der Waals surface area contributed by atoms with Crippen molar-refractivity contribution in [3.05, 3.63) is 93.8 Å². The number of hydrogen-bond acceptors (Lipinski definition) is 4. The van der Waals surface area contributed by atoms with Gasteiger partial charge in [-0.2, -0.15) is 0 Å². The van der Waals surface area contributed by atoms with Crippen LogP contribution in [0.15, 0.2) is 72.8 Å². The highest BCUT2D eigenvalue weighted by Gasteiger charge is 2.17. The van der Waals surface area contributed by atoms with Gasteiger partial charge in [0, 0.05) is 21.5 Å². The van der Waals surface area contributed by atoms with E-state index in [0.717, 1.165) is 26.9 Å². The summed E-state index contributed by atoms with van der Waals surface area (Å²) in [6.45, 7) is 2.38. The molecule has 4 rings (SSSR count). The number of carbonyl (C=O) groups is 1. The van der Waals surface area contributed by atoms with Crippen molar-refractivity contribution in [1.82, 2.24) is 5.32 Å². The number of thiocarbonyl (C=S) groups is 1. The third-order valence-electron chi connectivity index (χ3n) is 4.67. The first-order valence-corrected chi connectivity index (χ1v) is 11.2. The molecule has 0 saturated heterocycles. The standard InChI is InChI=1S/C24H19ClN2O2S2/c1-15-20-12-17(25)10-11-21(20)31-22(15)23(28)27-24(30)26-18-8-5-9-19(13-18)29-14-16-6-3-2-4-7-16/h2-13H,14H2,1H3,(H2,26,27,28,30). The Morgan fingerprint density at radius 1 is 1.06 bits per heavy atom. The zero-order valence-electron chi connectivity index (χ0n) is 16.6. The van der Waals surface area contributed by atoms with Crippen LogP contribution in [0.3, 0.4) is 0 Å². The molecule has 156 valence electrons. The van der Waals surface area contributed by atoms with Crippen LogP contribution in [0.25, 0.3) is 10.1 Å². The van der Waals surface area contributed by atoms with Crippen LogP contribution < -0.4 is 15.4 Å². The highest BCUT2D eigenvalue weighted by Crippen LogP contribution is 2.32. The third-order valence-corrected chi connectivity index (χ3v) is 6.38. The smallest absolute Gasteiger partial charge is 0.267 e. The second-order valence-electron chi connectivity index (χ2n) is 6.91. The Morgan fingerprint density at radius 3 is 2.68 bits per heavy atom. The highest BCUT2D eigenvalue weighted by atomic mass is 35.5. The molecule has 7 heteroatoms. The fourth-order valence-electron chi connectivity index (χ4n) is 3.14. The van der Waals surface area contributed by atoms with Gasteiger partial charge in [0.2, 0.25) is 0 Å². The summed E-state index contributed by atoms with van der Waals surface area (Å²) < 4.78 is 6.85. The summed E-state index contributed by atoms with van der Waals surface area (Å²) in [4.78, 5) is 13.4. The second-order valence-corrected chi connectivity index (χ2v) is 8.80. The molecule has 31 heavy (non-hydrogen) atoms. The Bertz CT molecular complexity index is 1260. The lowest BCUT2D eigenvalue weighted by Gasteiger charge is -2.11. The molecule has 3 aromatic carbocycles. The number of fused-ring (bicyclic) bond motifs is 1. The zero-order chi connectivity index (χ0) is 21.8. The average molecular weight is 467 g/mol. The van der Waals surface area contributed by atoms with Gasteiger partial charge < -0.3 is 10.1 Å². The minimum absolute atomic E-state index is 0.222. The number of nitrogens with one attached hydrogen (secondary N) is 2. The summed E-state index contributed by atoms with van der Waals surface area (Å²) in [7, 11) is 0. The van der Waals surface area contributed by atoms with Gasteiger partial charge in [0.15, 0.2) is 5.11 Å². The molecule has 0 aliphatic rings. The van der Waals surface area contributed by atoms with Gasteiger partial charge in [-0.3, -0.25) is 10.1 Å². The molecular weight excluding hydrogens is 448 g/mol. The largest absolute Gasteiger partial charge is 0.489 e. The summed E-state index contributed by atoms with van der Waals surface area (Å²) in [6.07, 6.45) is 0. The minimum Gasteiger partial charge on any atom is -0.489 e. The van der Waals surface area contributed by atoms with Gasteiger partial charge in [-0.1, -0.05) is 48.0 Å². The number of rotatable bonds is 5. The molecule has 2 N–H and O–H groups in total. The van der Waals surface area contributed by atoms with Crippen molar-refractivity contribution in [3.63, 3.8) is 0 Å². The highest BCUT2D eigenvalue weighted by molar-refractivity contribution is 7.80. The molecule has 0 saturated carbocycles. The van der Waals surface area contributed by atoms with Gasteiger partial charge >= 0.3 is 0 Å². The number of thiophene rings is 1. The molecule has 0 radical (unpaired) electrons. The predicted octanol–water partition coefficient (Wildman–Crippen LogP) is 6.57. The SMILES string of the molecule is Cc1c(C(=O)NC(=S)Nc2cccc(OCc3ccccc3)c2)sc2ccc(Cl)cc12. The summed E-state index contributed by atoms with van der Waals surface area (Å²) >= 11 is 12.8. The molecule has 0 bridgehead atoms. The van der Waals surface area contributed by atoms with Crippen molar-refractivity contribution in [3.8, 4) is 5.75 Å². The van der Waals surface area contributed by atoms with E-state index in [2.05, 4.69) is 10.6 Å². The third kappa shape index (κ3) is 5.22. The van der Waals surface area contributed by atoms with Gasteiger partial charge in [-0.15, -0.1) is 11.3 Å². The van der Waals surface area contributed by atoms with Crippen LogP contribution in [0.5, 0.6) is 5.75 Å². The number of ether oxygens (including phenoxy) is 1. The molecule has 4 aromatic rings. The molecule has 4 nitrogen and oxygen atoms in total. The monoisotopic (exact) mass is 466 g/mol. The average Bonchev–Trinajstić information content (AvgIpc) is 3.09. The van der Waals surface area contributed by atoms with Crippen LogP contribution in [0, 0.1) is 6.92 Å². The van der Waals surface area contributed by atoms with E-state index in [-0.39, 0.29) is 11.0 Å². The van der Waals surface area contributed by atoms with Crippen LogP contribution in [0.2, 0.25) is 5.02 Å². The maximum atomic E-state index is 12.8. The fourth-order valence-corrected chi connectivity index (χ4v) is 4.60. The van der Waals surface area contributed by atoms with E-state index in [4.69, 9.17) is 28.6 Å². The van der Waals surface area contributed by atoms with Gasteiger partial charge in [-0.05, 0) is 66.0 Å². The first-order valence-electron chi connectivity index (χ1n) is 9.57. The minimum atomic E-state index is -0.246. The molecule has 1 aromatic heterocycles. The lowest BCUT2D eigenvalue weighted by molar-refractivity contribution is 0.0981. The number of anilines is 1. The van der Waals surface area contributed by atoms with Crippen molar-refractivity contribution in [2.75, 3.05) is 5.32 Å². The van der Waals surface area contributed by atoms with E-state index in [0.29, 0.717) is 22.3 Å². The Kier molecular flexibility index (Phi) is 6.51. The Morgan fingerprint density at radius 2 is 1.87 bits per heavy atom. The van der Waals surface area contributed by atoms with Crippen LogP contribution in [-0.4, -0.2) is 11.0 Å². The van der Waals surface area contributed by atoms with Gasteiger partial charge in [0.25, 0.3) is 5.91 Å². The van der Waals surface area contributed by atoms with E-state index < -0.39 is 0 Å². The van der Waals surface area contributed by atoms with Crippen molar-refractivity contribution in [2.24, 2.45) is 0 Å². The first-order chi connectivity index (χ1) is 15.0. The molecular formula is C24H19ClN2O2S2. The van der Waals surface area contributed by atoms with Crippen LogP contribution >= 0.6 is 35.2 Å². The zero-order valence-corrected chi connectivity index (χ0v) is 19.0. The van der Waals surface area contributed by atoms with Gasteiger partial charge in [-0.25, -0.2) is 0 Å². The number of hydrogen-bond donors (Lipinski definition) is 2. The fraction of sp³-hybridized carbons (Fsp3) is 0.0833. The predicted molar refractivity (Wildman–Crippen MR) is 132 cm³/mol. The second kappa shape index (κ2) is 9.47.